The van der Waals surface area contributed by atoms with Gasteiger partial charge in [0.1, 0.15) is 8.07 Å². The third-order valence-corrected chi connectivity index (χ3v) is 12.4. The van der Waals surface area contributed by atoms with Crippen LogP contribution in [-0.4, -0.2) is 8.07 Å². The summed E-state index contributed by atoms with van der Waals surface area (Å²) in [5, 5.41) is 3.30. The first kappa shape index (κ1) is 21.2. The van der Waals surface area contributed by atoms with Crippen LogP contribution in [0.5, 0.6) is 0 Å². The van der Waals surface area contributed by atoms with Crippen LogP contribution in [0, 0.1) is 17.8 Å². The minimum atomic E-state index is -1.87. The summed E-state index contributed by atoms with van der Waals surface area (Å²) in [7, 11) is -1.87. The predicted molar refractivity (Wildman–Crippen MR) is 144 cm³/mol. The van der Waals surface area contributed by atoms with Crippen molar-refractivity contribution in [3.8, 4) is 0 Å². The van der Waals surface area contributed by atoms with Crippen LogP contribution in [0.1, 0.15) is 46.0 Å². The molecule has 0 spiro atoms. The van der Waals surface area contributed by atoms with Crippen LogP contribution < -0.4 is 0 Å². The van der Waals surface area contributed by atoms with Gasteiger partial charge >= 0.3 is 0 Å². The molecule has 0 aromatic rings. The second-order valence-electron chi connectivity index (χ2n) is 11.2. The average Bonchev–Trinajstić information content (AvgIpc) is 3.54. The highest BCUT2D eigenvalue weighted by molar-refractivity contribution is 6.92. The summed E-state index contributed by atoms with van der Waals surface area (Å²) in [4.78, 5) is 0. The molecular formula is C32H36Si. The molecule has 0 bridgehead atoms. The maximum atomic E-state index is 2.67. The molecule has 0 nitrogen and oxygen atoms in total. The van der Waals surface area contributed by atoms with E-state index >= 15 is 0 Å². The first-order valence-corrected chi connectivity index (χ1v) is 16.1. The third-order valence-electron chi connectivity index (χ3n) is 8.80. The van der Waals surface area contributed by atoms with Gasteiger partial charge in [-0.05, 0) is 70.2 Å². The zero-order valence-corrected chi connectivity index (χ0v) is 21.6. The Hall–Kier alpha value is -2.38. The second kappa shape index (κ2) is 7.84. The van der Waals surface area contributed by atoms with Gasteiger partial charge in [0.15, 0.2) is 0 Å². The van der Waals surface area contributed by atoms with E-state index in [9.17, 15) is 0 Å². The maximum absolute atomic E-state index is 2.67. The van der Waals surface area contributed by atoms with E-state index in [1.54, 1.807) is 32.7 Å². The minimum Gasteiger partial charge on any atom is -0.0732 e. The van der Waals surface area contributed by atoms with Crippen molar-refractivity contribution in [1.82, 2.24) is 0 Å². The van der Waals surface area contributed by atoms with Crippen LogP contribution >= 0.6 is 0 Å². The molecule has 1 fully saturated rings. The van der Waals surface area contributed by atoms with E-state index in [2.05, 4.69) is 93.8 Å². The summed E-state index contributed by atoms with van der Waals surface area (Å²) >= 11 is 0. The molecule has 168 valence electrons. The lowest BCUT2D eigenvalue weighted by molar-refractivity contribution is 0.568. The molecule has 1 heteroatoms. The fourth-order valence-electron chi connectivity index (χ4n) is 6.97. The summed E-state index contributed by atoms with van der Waals surface area (Å²) < 4.78 is 0. The molecule has 0 radical (unpaired) electrons. The molecule has 0 aliphatic heterocycles. The fourth-order valence-corrected chi connectivity index (χ4v) is 10.1. The van der Waals surface area contributed by atoms with Crippen LogP contribution in [0.4, 0.5) is 0 Å². The Bertz CT molecular complexity index is 1220. The number of hydrogen-bond acceptors (Lipinski definition) is 0. The van der Waals surface area contributed by atoms with Gasteiger partial charge in [-0.3, -0.25) is 0 Å². The molecule has 0 heterocycles. The largest absolute Gasteiger partial charge is 0.113 e. The first-order valence-electron chi connectivity index (χ1n) is 13.1. The van der Waals surface area contributed by atoms with Crippen molar-refractivity contribution in [1.29, 1.82) is 0 Å². The van der Waals surface area contributed by atoms with Crippen LogP contribution in [0.15, 0.2) is 116 Å². The number of rotatable bonds is 5. The van der Waals surface area contributed by atoms with Crippen molar-refractivity contribution >= 4 is 8.07 Å². The van der Waals surface area contributed by atoms with Crippen molar-refractivity contribution in [3.63, 3.8) is 0 Å². The monoisotopic (exact) mass is 448 g/mol. The molecule has 33 heavy (non-hydrogen) atoms. The first-order chi connectivity index (χ1) is 16.0. The van der Waals surface area contributed by atoms with E-state index in [0.717, 1.165) is 0 Å². The quantitative estimate of drug-likeness (QED) is 0.369. The average molecular weight is 449 g/mol. The standard InChI is InChI=1S/C32H36Si/c1-5-9-21(2)28-20-32(30-19-24-12-8-11-23(24)18-29(28)30)33(3,4)31-17-16-26-25-13-7-6-10-22(25)14-15-27(26)31/h6-7,10,13-22,29H,5,8-9,11-12H2,1-4H3. The van der Waals surface area contributed by atoms with E-state index in [0.29, 0.717) is 17.8 Å². The van der Waals surface area contributed by atoms with E-state index in [1.807, 2.05) is 0 Å². The molecule has 0 amide bonds. The summed E-state index contributed by atoms with van der Waals surface area (Å²) in [5.74, 6) is 1.63. The van der Waals surface area contributed by atoms with Gasteiger partial charge in [-0.25, -0.2) is 0 Å². The minimum absolute atomic E-state index is 0.441. The van der Waals surface area contributed by atoms with Crippen LogP contribution in [0.2, 0.25) is 13.1 Å². The molecule has 3 atom stereocenters. The van der Waals surface area contributed by atoms with E-state index < -0.39 is 8.07 Å². The van der Waals surface area contributed by atoms with Gasteiger partial charge in [0, 0.05) is 11.8 Å². The summed E-state index contributed by atoms with van der Waals surface area (Å²) in [6.07, 6.45) is 33.1. The lowest BCUT2D eigenvalue weighted by Gasteiger charge is -2.30. The van der Waals surface area contributed by atoms with Crippen molar-refractivity contribution in [2.45, 2.75) is 59.0 Å². The van der Waals surface area contributed by atoms with E-state index in [1.165, 1.54) is 48.8 Å². The highest BCUT2D eigenvalue weighted by Crippen LogP contribution is 2.51. The Labute approximate surface area is 201 Å². The Morgan fingerprint density at radius 3 is 2.58 bits per heavy atom. The second-order valence-corrected chi connectivity index (χ2v) is 15.5. The van der Waals surface area contributed by atoms with Gasteiger partial charge in [0.05, 0.1) is 0 Å². The molecular weight excluding hydrogens is 412 g/mol. The summed E-state index contributed by atoms with van der Waals surface area (Å²) in [5.41, 5.74) is 11.0. The van der Waals surface area contributed by atoms with Gasteiger partial charge in [-0.1, -0.05) is 111 Å². The lowest BCUT2D eigenvalue weighted by Crippen LogP contribution is -2.32. The van der Waals surface area contributed by atoms with Gasteiger partial charge in [-0.2, -0.15) is 0 Å². The van der Waals surface area contributed by atoms with Crippen molar-refractivity contribution in [2.75, 3.05) is 0 Å². The molecule has 3 unspecified atom stereocenters. The SMILES string of the molecule is CCCC(C)C1=CC([Si](C)(C)C2=C3C=CC4C=CC=CC4=C3C=C2)=C2C=C3CCCC3=CC12. The molecule has 6 aliphatic rings. The number of allylic oxidation sites excluding steroid dienone is 20. The summed E-state index contributed by atoms with van der Waals surface area (Å²) in [6.45, 7) is 9.99. The molecule has 0 N–H and O–H groups in total. The Kier molecular flexibility index (Phi) is 5.03. The van der Waals surface area contributed by atoms with Crippen molar-refractivity contribution < 1.29 is 0 Å². The molecule has 0 saturated heterocycles. The fraction of sp³-hybridized carbons (Fsp3) is 0.375. The Balaban J connectivity index is 1.48. The normalized spacial score (nSPS) is 28.1. The zero-order valence-electron chi connectivity index (χ0n) is 20.6. The zero-order chi connectivity index (χ0) is 22.7. The maximum Gasteiger partial charge on any atom is 0.113 e. The Morgan fingerprint density at radius 2 is 1.73 bits per heavy atom. The van der Waals surface area contributed by atoms with Crippen LogP contribution in [0.3, 0.4) is 0 Å². The predicted octanol–water partition coefficient (Wildman–Crippen LogP) is 8.59. The van der Waals surface area contributed by atoms with Crippen molar-refractivity contribution in [2.24, 2.45) is 17.8 Å². The van der Waals surface area contributed by atoms with Gasteiger partial charge < -0.3 is 0 Å². The lowest BCUT2D eigenvalue weighted by atomic mass is 9.81. The van der Waals surface area contributed by atoms with E-state index in [-0.39, 0.29) is 0 Å². The van der Waals surface area contributed by atoms with Gasteiger partial charge in [0.2, 0.25) is 0 Å². The topological polar surface area (TPSA) is 0 Å². The Morgan fingerprint density at radius 1 is 0.879 bits per heavy atom. The smallest absolute Gasteiger partial charge is 0.0732 e. The van der Waals surface area contributed by atoms with E-state index in [4.69, 9.17) is 0 Å². The summed E-state index contributed by atoms with van der Waals surface area (Å²) in [6, 6.07) is 0. The number of hydrogen-bond donors (Lipinski definition) is 0. The highest BCUT2D eigenvalue weighted by atomic mass is 28.3. The molecule has 6 rings (SSSR count). The number of fused-ring (bicyclic) bond motifs is 4. The van der Waals surface area contributed by atoms with Gasteiger partial charge in [-0.15, -0.1) is 0 Å². The third kappa shape index (κ3) is 3.23. The molecule has 6 aliphatic carbocycles. The van der Waals surface area contributed by atoms with Crippen molar-refractivity contribution in [3.05, 3.63) is 116 Å². The van der Waals surface area contributed by atoms with Crippen LogP contribution in [-0.2, 0) is 0 Å². The highest BCUT2D eigenvalue weighted by Gasteiger charge is 2.41. The van der Waals surface area contributed by atoms with Gasteiger partial charge in [0.25, 0.3) is 0 Å². The molecule has 0 aromatic heterocycles. The van der Waals surface area contributed by atoms with Crippen LogP contribution in [0.25, 0.3) is 0 Å². The molecule has 0 aromatic carbocycles. The molecule has 1 saturated carbocycles.